The topological polar surface area (TPSA) is 98.7 Å². The summed E-state index contributed by atoms with van der Waals surface area (Å²) in [6, 6.07) is -1.85. The molecule has 0 fully saturated rings. The minimum absolute atomic E-state index is 0.425. The number of hydrogen-bond acceptors (Lipinski definition) is 3. The minimum atomic E-state index is -1.26. The van der Waals surface area contributed by atoms with E-state index in [1.807, 2.05) is 19.1 Å². The molecule has 0 unspecified atom stereocenters. The van der Waals surface area contributed by atoms with Gasteiger partial charge < -0.3 is 20.8 Å². The highest BCUT2D eigenvalue weighted by atomic mass is 16.4. The van der Waals surface area contributed by atoms with E-state index in [-0.39, 0.29) is 0 Å². The number of urea groups is 1. The van der Waals surface area contributed by atoms with Gasteiger partial charge in [0.05, 0.1) is 6.61 Å². The van der Waals surface area contributed by atoms with E-state index in [0.29, 0.717) is 13.0 Å². The van der Waals surface area contributed by atoms with Crippen molar-refractivity contribution < 1.29 is 19.8 Å². The van der Waals surface area contributed by atoms with Crippen molar-refractivity contribution in [1.29, 1.82) is 0 Å². The molecule has 0 spiro atoms. The molecular weight excluding hydrogens is 200 g/mol. The maximum atomic E-state index is 11.1. The van der Waals surface area contributed by atoms with E-state index in [9.17, 15) is 9.59 Å². The third kappa shape index (κ3) is 6.50. The van der Waals surface area contributed by atoms with E-state index in [4.69, 9.17) is 10.2 Å². The normalized spacial score (nSPS) is 12.4. The SMILES string of the molecule is C/C=C/CCNC(=O)N[C@H](CO)C(=O)O. The number of aliphatic hydroxyl groups is 1. The number of carboxylic acids is 1. The highest BCUT2D eigenvalue weighted by molar-refractivity contribution is 5.82. The van der Waals surface area contributed by atoms with Crippen LogP contribution in [0.3, 0.4) is 0 Å². The molecule has 0 aliphatic carbocycles. The fourth-order valence-electron chi connectivity index (χ4n) is 0.830. The Labute approximate surface area is 88.0 Å². The van der Waals surface area contributed by atoms with E-state index in [1.165, 1.54) is 0 Å². The molecule has 0 saturated heterocycles. The molecular formula is C9H16N2O4. The third-order valence-corrected chi connectivity index (χ3v) is 1.62. The molecule has 0 saturated carbocycles. The zero-order valence-electron chi connectivity index (χ0n) is 8.56. The molecule has 6 nitrogen and oxygen atoms in total. The van der Waals surface area contributed by atoms with Gasteiger partial charge in [0.2, 0.25) is 0 Å². The Bertz CT molecular complexity index is 240. The van der Waals surface area contributed by atoms with Crippen molar-refractivity contribution in [3.8, 4) is 0 Å². The van der Waals surface area contributed by atoms with Crippen molar-refractivity contribution in [3.63, 3.8) is 0 Å². The van der Waals surface area contributed by atoms with E-state index >= 15 is 0 Å². The number of aliphatic carboxylic acids is 1. The fraction of sp³-hybridized carbons (Fsp3) is 0.556. The number of nitrogens with one attached hydrogen (secondary N) is 2. The summed E-state index contributed by atoms with van der Waals surface area (Å²) in [5.41, 5.74) is 0. The smallest absolute Gasteiger partial charge is 0.328 e. The Morgan fingerprint density at radius 1 is 1.47 bits per heavy atom. The first-order valence-corrected chi connectivity index (χ1v) is 4.61. The summed E-state index contributed by atoms with van der Waals surface area (Å²) in [4.78, 5) is 21.5. The van der Waals surface area contributed by atoms with E-state index < -0.39 is 24.6 Å². The Morgan fingerprint density at radius 2 is 2.13 bits per heavy atom. The average Bonchev–Trinajstić information content (AvgIpc) is 2.20. The van der Waals surface area contributed by atoms with Crippen LogP contribution in [-0.2, 0) is 4.79 Å². The monoisotopic (exact) mass is 216 g/mol. The maximum absolute atomic E-state index is 11.1. The lowest BCUT2D eigenvalue weighted by Crippen LogP contribution is -2.48. The Hall–Kier alpha value is -1.56. The van der Waals surface area contributed by atoms with Crippen molar-refractivity contribution in [2.24, 2.45) is 0 Å². The summed E-state index contributed by atoms with van der Waals surface area (Å²) in [6.07, 6.45) is 4.41. The predicted octanol–water partition coefficient (Wildman–Crippen LogP) is -0.303. The lowest BCUT2D eigenvalue weighted by molar-refractivity contribution is -0.140. The van der Waals surface area contributed by atoms with Crippen LogP contribution in [0.4, 0.5) is 4.79 Å². The summed E-state index contributed by atoms with van der Waals surface area (Å²) >= 11 is 0. The number of carbonyl (C=O) groups excluding carboxylic acids is 1. The molecule has 6 heteroatoms. The lowest BCUT2D eigenvalue weighted by atomic mass is 10.3. The van der Waals surface area contributed by atoms with Crippen LogP contribution in [0.15, 0.2) is 12.2 Å². The van der Waals surface area contributed by atoms with Gasteiger partial charge in [-0.25, -0.2) is 9.59 Å². The number of amides is 2. The van der Waals surface area contributed by atoms with Crippen LogP contribution < -0.4 is 10.6 Å². The summed E-state index contributed by atoms with van der Waals surface area (Å²) in [6.45, 7) is 1.66. The van der Waals surface area contributed by atoms with Crippen molar-refractivity contribution in [3.05, 3.63) is 12.2 Å². The standard InChI is InChI=1S/C9H16N2O4/c1-2-3-4-5-10-9(15)11-7(6-12)8(13)14/h2-3,7,12H,4-6H2,1H3,(H,13,14)(H2,10,11,15)/b3-2+/t7-/m1/s1. The molecule has 0 heterocycles. The van der Waals surface area contributed by atoms with Gasteiger partial charge in [-0.05, 0) is 13.3 Å². The zero-order valence-corrected chi connectivity index (χ0v) is 8.56. The number of allylic oxidation sites excluding steroid dienone is 1. The predicted molar refractivity (Wildman–Crippen MR) is 54.5 cm³/mol. The molecule has 2 amide bonds. The van der Waals surface area contributed by atoms with E-state index in [2.05, 4.69) is 10.6 Å². The lowest BCUT2D eigenvalue weighted by Gasteiger charge is -2.11. The molecule has 0 bridgehead atoms. The van der Waals surface area contributed by atoms with Gasteiger partial charge >= 0.3 is 12.0 Å². The van der Waals surface area contributed by atoms with Crippen LogP contribution >= 0.6 is 0 Å². The molecule has 1 atom stereocenters. The fourth-order valence-corrected chi connectivity index (χ4v) is 0.830. The number of aliphatic hydroxyl groups excluding tert-OH is 1. The molecule has 0 aromatic carbocycles. The number of carbonyl (C=O) groups is 2. The summed E-state index contributed by atoms with van der Waals surface area (Å²) in [7, 11) is 0. The third-order valence-electron chi connectivity index (χ3n) is 1.62. The quantitative estimate of drug-likeness (QED) is 0.362. The van der Waals surface area contributed by atoms with Gasteiger partial charge in [0.25, 0.3) is 0 Å². The summed E-state index contributed by atoms with van der Waals surface area (Å²) in [5, 5.41) is 21.7. The largest absolute Gasteiger partial charge is 0.480 e. The Balaban J connectivity index is 3.76. The second-order valence-electron chi connectivity index (χ2n) is 2.83. The molecule has 15 heavy (non-hydrogen) atoms. The van der Waals surface area contributed by atoms with Crippen molar-refractivity contribution >= 4 is 12.0 Å². The van der Waals surface area contributed by atoms with Crippen LogP contribution in [0.5, 0.6) is 0 Å². The number of rotatable bonds is 6. The van der Waals surface area contributed by atoms with Gasteiger partial charge in [-0.3, -0.25) is 0 Å². The van der Waals surface area contributed by atoms with Crippen molar-refractivity contribution in [2.75, 3.05) is 13.2 Å². The summed E-state index contributed by atoms with van der Waals surface area (Å²) in [5.74, 6) is -1.26. The van der Waals surface area contributed by atoms with Crippen LogP contribution in [0, 0.1) is 0 Å². The average molecular weight is 216 g/mol. The van der Waals surface area contributed by atoms with Gasteiger partial charge in [-0.2, -0.15) is 0 Å². The molecule has 0 radical (unpaired) electrons. The highest BCUT2D eigenvalue weighted by Gasteiger charge is 2.17. The molecule has 0 aliphatic heterocycles. The Kier molecular flexibility index (Phi) is 7.00. The summed E-state index contributed by atoms with van der Waals surface area (Å²) < 4.78 is 0. The molecule has 4 N–H and O–H groups in total. The first kappa shape index (κ1) is 13.4. The molecule has 0 aliphatic rings. The van der Waals surface area contributed by atoms with Gasteiger partial charge in [-0.1, -0.05) is 12.2 Å². The Morgan fingerprint density at radius 3 is 2.60 bits per heavy atom. The van der Waals surface area contributed by atoms with Gasteiger partial charge in [0.15, 0.2) is 6.04 Å². The number of carboxylic acid groups (broad SMARTS) is 1. The van der Waals surface area contributed by atoms with E-state index in [1.54, 1.807) is 0 Å². The molecule has 0 rings (SSSR count). The number of hydrogen-bond donors (Lipinski definition) is 4. The van der Waals surface area contributed by atoms with Crippen LogP contribution in [-0.4, -0.2) is 41.4 Å². The van der Waals surface area contributed by atoms with E-state index in [0.717, 1.165) is 0 Å². The second kappa shape index (κ2) is 7.81. The second-order valence-corrected chi connectivity index (χ2v) is 2.83. The van der Waals surface area contributed by atoms with Gasteiger partial charge in [0.1, 0.15) is 0 Å². The molecule has 0 aromatic rings. The highest BCUT2D eigenvalue weighted by Crippen LogP contribution is 1.83. The van der Waals surface area contributed by atoms with Gasteiger partial charge in [-0.15, -0.1) is 0 Å². The minimum Gasteiger partial charge on any atom is -0.480 e. The zero-order chi connectivity index (χ0) is 11.7. The molecule has 86 valence electrons. The van der Waals surface area contributed by atoms with Gasteiger partial charge in [0, 0.05) is 6.54 Å². The van der Waals surface area contributed by atoms with Crippen LogP contribution in [0.2, 0.25) is 0 Å². The first-order valence-electron chi connectivity index (χ1n) is 4.61. The van der Waals surface area contributed by atoms with Crippen molar-refractivity contribution in [1.82, 2.24) is 10.6 Å². The van der Waals surface area contributed by atoms with Crippen molar-refractivity contribution in [2.45, 2.75) is 19.4 Å². The van der Waals surface area contributed by atoms with Crippen LogP contribution in [0.25, 0.3) is 0 Å². The first-order chi connectivity index (χ1) is 7.11. The molecule has 0 aromatic heterocycles. The van der Waals surface area contributed by atoms with Crippen LogP contribution in [0.1, 0.15) is 13.3 Å². The maximum Gasteiger partial charge on any atom is 0.328 e.